The molecule has 4 aliphatic rings. The van der Waals surface area contributed by atoms with E-state index in [2.05, 4.69) is 32.9 Å². The normalized spacial score (nSPS) is 37.5. The number of benzene rings is 1. The van der Waals surface area contributed by atoms with Crippen LogP contribution in [-0.2, 0) is 9.59 Å². The van der Waals surface area contributed by atoms with Crippen LogP contribution in [0.3, 0.4) is 0 Å². The van der Waals surface area contributed by atoms with E-state index in [4.69, 9.17) is 0 Å². The van der Waals surface area contributed by atoms with Crippen LogP contribution >= 0.6 is 0 Å². The van der Waals surface area contributed by atoms with Crippen molar-refractivity contribution < 1.29 is 14.0 Å². The lowest BCUT2D eigenvalue weighted by molar-refractivity contribution is -0.135. The van der Waals surface area contributed by atoms with Crippen molar-refractivity contribution in [2.45, 2.75) is 33.6 Å². The van der Waals surface area contributed by atoms with Gasteiger partial charge in [-0.25, -0.2) is 9.29 Å². The van der Waals surface area contributed by atoms with Crippen molar-refractivity contribution in [3.63, 3.8) is 0 Å². The molecule has 126 valence electrons. The maximum absolute atomic E-state index is 13.3. The number of amides is 2. The Hall–Kier alpha value is -1.97. The van der Waals surface area contributed by atoms with Gasteiger partial charge in [-0.2, -0.15) is 0 Å². The van der Waals surface area contributed by atoms with Gasteiger partial charge in [-0.05, 0) is 48.4 Å². The fourth-order valence-corrected chi connectivity index (χ4v) is 5.08. The number of carbonyl (C=O) groups is 2. The summed E-state index contributed by atoms with van der Waals surface area (Å²) in [7, 11) is 0. The van der Waals surface area contributed by atoms with E-state index in [-0.39, 0.29) is 46.2 Å². The zero-order valence-electron chi connectivity index (χ0n) is 14.3. The smallest absolute Gasteiger partial charge is 0.238 e. The molecule has 1 aromatic rings. The predicted octanol–water partition coefficient (Wildman–Crippen LogP) is 3.94. The average Bonchev–Trinajstić information content (AvgIpc) is 2.83. The van der Waals surface area contributed by atoms with Gasteiger partial charge in [-0.15, -0.1) is 0 Å². The molecule has 0 unspecified atom stereocenters. The number of imide groups is 1. The van der Waals surface area contributed by atoms with E-state index >= 15 is 0 Å². The molecule has 2 amide bonds. The second kappa shape index (κ2) is 4.78. The standard InChI is InChI=1S/C20H22FNO2/c1-12(2)20-10-8-19(3,9-11-20)15-16(20)18(24)22(17(15)23)14-6-4-13(21)5-7-14/h4-8,10,12,15-16H,9,11H2,1-3H3/t15-,16+,19-,20+/m0/s1. The third-order valence-electron chi connectivity index (χ3n) is 6.63. The van der Waals surface area contributed by atoms with Crippen molar-refractivity contribution in [3.05, 3.63) is 42.2 Å². The summed E-state index contributed by atoms with van der Waals surface area (Å²) in [6.45, 7) is 6.35. The number of hydrogen-bond donors (Lipinski definition) is 0. The maximum atomic E-state index is 13.3. The molecule has 5 rings (SSSR count). The summed E-state index contributed by atoms with van der Waals surface area (Å²) in [5.41, 5.74) is -0.0324. The summed E-state index contributed by atoms with van der Waals surface area (Å²) >= 11 is 0. The lowest BCUT2D eigenvalue weighted by Gasteiger charge is -2.55. The third-order valence-corrected chi connectivity index (χ3v) is 6.63. The van der Waals surface area contributed by atoms with Gasteiger partial charge in [-0.1, -0.05) is 32.9 Å². The largest absolute Gasteiger partial charge is 0.274 e. The number of anilines is 1. The van der Waals surface area contributed by atoms with Crippen LogP contribution in [0.2, 0.25) is 0 Å². The molecule has 2 bridgehead atoms. The molecule has 2 fully saturated rings. The van der Waals surface area contributed by atoms with Gasteiger partial charge >= 0.3 is 0 Å². The van der Waals surface area contributed by atoms with Crippen molar-refractivity contribution in [1.82, 2.24) is 0 Å². The number of hydrogen-bond acceptors (Lipinski definition) is 2. The maximum Gasteiger partial charge on any atom is 0.238 e. The van der Waals surface area contributed by atoms with Crippen molar-refractivity contribution in [1.29, 1.82) is 0 Å². The average molecular weight is 327 g/mol. The minimum Gasteiger partial charge on any atom is -0.274 e. The molecule has 1 saturated carbocycles. The Kier molecular flexibility index (Phi) is 3.09. The molecule has 4 heteroatoms. The van der Waals surface area contributed by atoms with Crippen molar-refractivity contribution in [3.8, 4) is 0 Å². The van der Waals surface area contributed by atoms with E-state index in [0.717, 1.165) is 12.8 Å². The van der Waals surface area contributed by atoms with Gasteiger partial charge in [0, 0.05) is 5.41 Å². The second-order valence-corrected chi connectivity index (χ2v) is 8.05. The molecule has 0 aromatic heterocycles. The van der Waals surface area contributed by atoms with Crippen LogP contribution in [-0.4, -0.2) is 11.8 Å². The first-order valence-corrected chi connectivity index (χ1v) is 8.64. The Morgan fingerprint density at radius 3 is 2.21 bits per heavy atom. The van der Waals surface area contributed by atoms with Crippen LogP contribution in [0, 0.1) is 34.4 Å². The molecule has 1 saturated heterocycles. The molecule has 1 heterocycles. The Balaban J connectivity index is 1.84. The fourth-order valence-electron chi connectivity index (χ4n) is 5.08. The second-order valence-electron chi connectivity index (χ2n) is 8.05. The summed E-state index contributed by atoms with van der Waals surface area (Å²) in [5.74, 6) is -0.956. The van der Waals surface area contributed by atoms with Gasteiger partial charge < -0.3 is 0 Å². The van der Waals surface area contributed by atoms with Gasteiger partial charge in [0.15, 0.2) is 0 Å². The molecular formula is C20H22FNO2. The topological polar surface area (TPSA) is 37.4 Å². The zero-order chi connectivity index (χ0) is 17.3. The highest BCUT2D eigenvalue weighted by molar-refractivity contribution is 6.23. The molecule has 3 aliphatic carbocycles. The summed E-state index contributed by atoms with van der Waals surface area (Å²) in [5, 5.41) is 0. The lowest BCUT2D eigenvalue weighted by Crippen LogP contribution is -2.53. The SMILES string of the molecule is CC(C)[C@@]12C=C[C@@](C)(CC1)[C@@H]1C(=O)N(c3ccc(F)cc3)C(=O)[C@@H]12. The van der Waals surface area contributed by atoms with Gasteiger partial charge in [0.2, 0.25) is 11.8 Å². The summed E-state index contributed by atoms with van der Waals surface area (Å²) in [6, 6.07) is 5.62. The van der Waals surface area contributed by atoms with Crippen LogP contribution in [0.5, 0.6) is 0 Å². The number of allylic oxidation sites excluding steroid dienone is 2. The first-order chi connectivity index (χ1) is 11.3. The van der Waals surface area contributed by atoms with Crippen molar-refractivity contribution in [2.24, 2.45) is 28.6 Å². The van der Waals surface area contributed by atoms with Gasteiger partial charge in [0.25, 0.3) is 0 Å². The van der Waals surface area contributed by atoms with Gasteiger partial charge in [0.05, 0.1) is 17.5 Å². The molecule has 4 atom stereocenters. The number of fused-ring (bicyclic) bond motifs is 1. The Bertz CT molecular complexity index is 753. The van der Waals surface area contributed by atoms with Gasteiger partial charge in [0.1, 0.15) is 5.82 Å². The highest BCUT2D eigenvalue weighted by atomic mass is 19.1. The molecule has 24 heavy (non-hydrogen) atoms. The Labute approximate surface area is 141 Å². The molecule has 0 N–H and O–H groups in total. The number of halogens is 1. The molecule has 1 aliphatic heterocycles. The summed E-state index contributed by atoms with van der Waals surface area (Å²) < 4.78 is 13.2. The van der Waals surface area contributed by atoms with E-state index in [0.29, 0.717) is 5.69 Å². The van der Waals surface area contributed by atoms with E-state index < -0.39 is 0 Å². The molecule has 3 nitrogen and oxygen atoms in total. The lowest BCUT2D eigenvalue weighted by atomic mass is 9.46. The van der Waals surface area contributed by atoms with E-state index in [9.17, 15) is 14.0 Å². The fraction of sp³-hybridized carbons (Fsp3) is 0.500. The Morgan fingerprint density at radius 2 is 1.67 bits per heavy atom. The van der Waals surface area contributed by atoms with Gasteiger partial charge in [-0.3, -0.25) is 9.59 Å². The van der Waals surface area contributed by atoms with Crippen LogP contribution in [0.25, 0.3) is 0 Å². The number of rotatable bonds is 2. The van der Waals surface area contributed by atoms with Crippen LogP contribution in [0.1, 0.15) is 33.6 Å². The predicted molar refractivity (Wildman–Crippen MR) is 89.6 cm³/mol. The van der Waals surface area contributed by atoms with Crippen LogP contribution < -0.4 is 4.90 Å². The first-order valence-electron chi connectivity index (χ1n) is 8.64. The monoisotopic (exact) mass is 327 g/mol. The highest BCUT2D eigenvalue weighted by Gasteiger charge is 2.67. The molecule has 0 spiro atoms. The third kappa shape index (κ3) is 1.77. The summed E-state index contributed by atoms with van der Waals surface area (Å²) in [6.07, 6.45) is 6.23. The molecule has 0 radical (unpaired) electrons. The van der Waals surface area contributed by atoms with E-state index in [1.165, 1.54) is 29.2 Å². The number of carbonyl (C=O) groups excluding carboxylic acids is 2. The van der Waals surface area contributed by atoms with Crippen LogP contribution in [0.4, 0.5) is 10.1 Å². The van der Waals surface area contributed by atoms with Crippen molar-refractivity contribution in [2.75, 3.05) is 4.90 Å². The first kappa shape index (κ1) is 15.6. The Morgan fingerprint density at radius 1 is 1.04 bits per heavy atom. The highest BCUT2D eigenvalue weighted by Crippen LogP contribution is 2.64. The minimum atomic E-state index is -0.373. The zero-order valence-corrected chi connectivity index (χ0v) is 14.3. The minimum absolute atomic E-state index is 0.124. The van der Waals surface area contributed by atoms with E-state index in [1.54, 1.807) is 0 Å². The number of nitrogens with zero attached hydrogens (tertiary/aromatic N) is 1. The van der Waals surface area contributed by atoms with Crippen molar-refractivity contribution >= 4 is 17.5 Å². The quantitative estimate of drug-likeness (QED) is 0.609. The van der Waals surface area contributed by atoms with E-state index in [1.807, 2.05) is 0 Å². The van der Waals surface area contributed by atoms with Crippen LogP contribution in [0.15, 0.2) is 36.4 Å². The molecule has 1 aromatic carbocycles. The molecular weight excluding hydrogens is 305 g/mol. The summed E-state index contributed by atoms with van der Waals surface area (Å²) in [4.78, 5) is 27.7.